The Balaban J connectivity index is 1.95. The van der Waals surface area contributed by atoms with Crippen LogP contribution in [0.5, 0.6) is 5.75 Å². The molecule has 0 saturated carbocycles. The number of fused-ring (bicyclic) bond motifs is 1. The van der Waals surface area contributed by atoms with Gasteiger partial charge < -0.3 is 10.1 Å². The van der Waals surface area contributed by atoms with E-state index < -0.39 is 0 Å². The minimum Gasteiger partial charge on any atom is -0.490 e. The van der Waals surface area contributed by atoms with Crippen LogP contribution in [0.25, 0.3) is 0 Å². The van der Waals surface area contributed by atoms with Gasteiger partial charge >= 0.3 is 0 Å². The quantitative estimate of drug-likeness (QED) is 0.843. The number of ether oxygens (including phenoxy) is 1. The van der Waals surface area contributed by atoms with E-state index in [4.69, 9.17) is 4.74 Å². The van der Waals surface area contributed by atoms with Gasteiger partial charge in [-0.05, 0) is 31.5 Å². The van der Waals surface area contributed by atoms with Crippen molar-refractivity contribution in [3.05, 3.63) is 53.7 Å². The largest absolute Gasteiger partial charge is 0.490 e. The second-order valence-corrected chi connectivity index (χ2v) is 6.88. The summed E-state index contributed by atoms with van der Waals surface area (Å²) in [5.41, 5.74) is 3.13. The lowest BCUT2D eigenvalue weighted by molar-refractivity contribution is -0.115. The molecule has 5 nitrogen and oxygen atoms in total. The van der Waals surface area contributed by atoms with Gasteiger partial charge in [0.05, 0.1) is 10.5 Å². The van der Waals surface area contributed by atoms with Crippen molar-refractivity contribution in [3.63, 3.8) is 0 Å². The first kappa shape index (κ1) is 15.7. The van der Waals surface area contributed by atoms with E-state index in [9.17, 15) is 4.79 Å². The molecule has 1 aliphatic heterocycles. The van der Waals surface area contributed by atoms with Crippen LogP contribution in [-0.2, 0) is 4.79 Å². The summed E-state index contributed by atoms with van der Waals surface area (Å²) in [5.74, 6) is 1.41. The summed E-state index contributed by atoms with van der Waals surface area (Å²) >= 11 is 1.62. The topological polar surface area (TPSA) is 67.0 Å². The maximum Gasteiger partial charge on any atom is 0.238 e. The number of H-pyrrole nitrogens is 1. The Morgan fingerprint density at radius 1 is 1.39 bits per heavy atom. The van der Waals surface area contributed by atoms with E-state index in [1.165, 1.54) is 0 Å². The minimum absolute atomic E-state index is 0.0174. The molecule has 2 aromatic rings. The molecular weight excluding hydrogens is 310 g/mol. The Kier molecular flexibility index (Phi) is 4.43. The smallest absolute Gasteiger partial charge is 0.238 e. The van der Waals surface area contributed by atoms with E-state index >= 15 is 0 Å². The number of carbonyl (C=O) groups is 1. The third kappa shape index (κ3) is 3.12. The van der Waals surface area contributed by atoms with E-state index in [1.54, 1.807) is 17.8 Å². The Bertz CT molecular complexity index is 724. The summed E-state index contributed by atoms with van der Waals surface area (Å²) in [6.07, 6.45) is 1.72. The predicted molar refractivity (Wildman–Crippen MR) is 93.0 cm³/mol. The highest BCUT2D eigenvalue weighted by molar-refractivity contribution is 8.01. The van der Waals surface area contributed by atoms with Crippen LogP contribution in [0, 0.1) is 6.92 Å². The number of hydrogen-bond acceptors (Lipinski definition) is 4. The van der Waals surface area contributed by atoms with Crippen molar-refractivity contribution in [2.45, 2.75) is 24.3 Å². The van der Waals surface area contributed by atoms with Crippen LogP contribution in [0.1, 0.15) is 29.0 Å². The molecule has 1 aromatic carbocycles. The third-order valence-corrected chi connectivity index (χ3v) is 5.16. The van der Waals surface area contributed by atoms with Crippen molar-refractivity contribution in [2.24, 2.45) is 0 Å². The molecule has 120 valence electrons. The van der Waals surface area contributed by atoms with Crippen molar-refractivity contribution in [3.8, 4) is 5.75 Å². The molecule has 2 N–H and O–H groups in total. The molecule has 1 aliphatic rings. The first-order valence-electron chi connectivity index (χ1n) is 7.45. The number of amides is 1. The highest BCUT2D eigenvalue weighted by Gasteiger charge is 2.32. The second kappa shape index (κ2) is 6.50. The lowest BCUT2D eigenvalue weighted by Crippen LogP contribution is -2.21. The number of hydrogen-bond donors (Lipinski definition) is 2. The zero-order valence-electron chi connectivity index (χ0n) is 13.1. The molecule has 0 aliphatic carbocycles. The standard InChI is InChI=1S/C17H19N3O2S/c1-4-9-22-13-7-5-12(6-8-13)15-14-10(2)19-20-16(14)18-17(21)11(3)23-15/h4-8,11,15H,1,9H2,2-3H3,(H2,18,19,20,21)/t11-,15+/m0/s1. The van der Waals surface area contributed by atoms with Crippen molar-refractivity contribution in [1.82, 2.24) is 10.2 Å². The SMILES string of the molecule is C=CCOc1ccc([C@H]2S[C@@H](C)C(=O)Nc3n[nH]c(C)c32)cc1. The maximum absolute atomic E-state index is 12.1. The minimum atomic E-state index is -0.148. The predicted octanol–water partition coefficient (Wildman–Crippen LogP) is 3.45. The second-order valence-electron chi connectivity index (χ2n) is 5.43. The average molecular weight is 329 g/mol. The molecule has 0 spiro atoms. The molecule has 1 aromatic heterocycles. The van der Waals surface area contributed by atoms with E-state index in [-0.39, 0.29) is 16.4 Å². The number of nitrogens with one attached hydrogen (secondary N) is 2. The lowest BCUT2D eigenvalue weighted by Gasteiger charge is -2.18. The van der Waals surface area contributed by atoms with Crippen LogP contribution in [0.3, 0.4) is 0 Å². The summed E-state index contributed by atoms with van der Waals surface area (Å²) in [5, 5.41) is 9.99. The first-order chi connectivity index (χ1) is 11.1. The average Bonchev–Trinajstić information content (AvgIpc) is 2.85. The summed E-state index contributed by atoms with van der Waals surface area (Å²) in [4.78, 5) is 12.1. The zero-order valence-corrected chi connectivity index (χ0v) is 13.9. The molecule has 0 bridgehead atoms. The van der Waals surface area contributed by atoms with Crippen molar-refractivity contribution < 1.29 is 9.53 Å². The van der Waals surface area contributed by atoms with Crippen molar-refractivity contribution in [1.29, 1.82) is 0 Å². The van der Waals surface area contributed by atoms with Gasteiger partial charge in [-0.1, -0.05) is 24.8 Å². The van der Waals surface area contributed by atoms with Gasteiger partial charge in [-0.3, -0.25) is 9.89 Å². The monoisotopic (exact) mass is 329 g/mol. The number of benzene rings is 1. The molecule has 6 heteroatoms. The third-order valence-electron chi connectivity index (χ3n) is 3.76. The lowest BCUT2D eigenvalue weighted by atomic mass is 10.0. The number of carbonyl (C=O) groups excluding carboxylic acids is 1. The van der Waals surface area contributed by atoms with Gasteiger partial charge in [-0.25, -0.2) is 0 Å². The van der Waals surface area contributed by atoms with Gasteiger partial charge in [0.15, 0.2) is 5.82 Å². The Hall–Kier alpha value is -2.21. The number of aromatic nitrogens is 2. The Morgan fingerprint density at radius 2 is 2.13 bits per heavy atom. The van der Waals surface area contributed by atoms with Gasteiger partial charge in [0.25, 0.3) is 0 Å². The summed E-state index contributed by atoms with van der Waals surface area (Å²) < 4.78 is 5.53. The molecule has 0 unspecified atom stereocenters. The number of anilines is 1. The van der Waals surface area contributed by atoms with E-state index in [0.29, 0.717) is 12.4 Å². The molecule has 3 rings (SSSR count). The fraction of sp³-hybridized carbons (Fsp3) is 0.294. The van der Waals surface area contributed by atoms with Crippen LogP contribution in [-0.4, -0.2) is 28.0 Å². The Labute approximate surface area is 139 Å². The van der Waals surface area contributed by atoms with E-state index in [1.807, 2.05) is 38.1 Å². The molecule has 23 heavy (non-hydrogen) atoms. The van der Waals surface area contributed by atoms with E-state index in [0.717, 1.165) is 22.6 Å². The van der Waals surface area contributed by atoms with Crippen molar-refractivity contribution in [2.75, 3.05) is 11.9 Å². The van der Waals surface area contributed by atoms with Gasteiger partial charge in [0, 0.05) is 11.3 Å². The van der Waals surface area contributed by atoms with Gasteiger partial charge in [-0.15, -0.1) is 11.8 Å². The molecule has 0 saturated heterocycles. The van der Waals surface area contributed by atoms with Crippen LogP contribution >= 0.6 is 11.8 Å². The van der Waals surface area contributed by atoms with Gasteiger partial charge in [0.1, 0.15) is 12.4 Å². The van der Waals surface area contributed by atoms with Crippen molar-refractivity contribution >= 4 is 23.5 Å². The fourth-order valence-corrected chi connectivity index (χ4v) is 3.87. The molecule has 0 fully saturated rings. The highest BCUT2D eigenvalue weighted by atomic mass is 32.2. The van der Waals surface area contributed by atoms with Crippen LogP contribution in [0.15, 0.2) is 36.9 Å². The number of thioether (sulfide) groups is 1. The molecular formula is C17H19N3O2S. The van der Waals surface area contributed by atoms with Gasteiger partial charge in [0.2, 0.25) is 5.91 Å². The zero-order chi connectivity index (χ0) is 16.4. The summed E-state index contributed by atoms with van der Waals surface area (Å²) in [7, 11) is 0. The number of rotatable bonds is 4. The fourth-order valence-electron chi connectivity index (χ4n) is 2.55. The summed E-state index contributed by atoms with van der Waals surface area (Å²) in [6.45, 7) is 8.02. The normalized spacial score (nSPS) is 20.3. The number of aromatic amines is 1. The molecule has 0 radical (unpaired) electrons. The van der Waals surface area contributed by atoms with Crippen LogP contribution < -0.4 is 10.1 Å². The number of aryl methyl sites for hydroxylation is 1. The number of nitrogens with zero attached hydrogens (tertiary/aromatic N) is 1. The van der Waals surface area contributed by atoms with E-state index in [2.05, 4.69) is 22.1 Å². The maximum atomic E-state index is 12.1. The first-order valence-corrected chi connectivity index (χ1v) is 8.39. The molecule has 2 atom stereocenters. The van der Waals surface area contributed by atoms with Crippen LogP contribution in [0.4, 0.5) is 5.82 Å². The van der Waals surface area contributed by atoms with Gasteiger partial charge in [-0.2, -0.15) is 5.10 Å². The molecule has 2 heterocycles. The van der Waals surface area contributed by atoms with Crippen LogP contribution in [0.2, 0.25) is 0 Å². The molecule has 1 amide bonds. The Morgan fingerprint density at radius 3 is 2.83 bits per heavy atom. The summed E-state index contributed by atoms with van der Waals surface area (Å²) in [6, 6.07) is 7.96. The highest BCUT2D eigenvalue weighted by Crippen LogP contribution is 2.44.